The Hall–Kier alpha value is -1.06. The van der Waals surface area contributed by atoms with Crippen molar-refractivity contribution in [1.29, 1.82) is 0 Å². The molecule has 3 nitrogen and oxygen atoms in total. The Balaban J connectivity index is 1.76. The maximum Gasteiger partial charge on any atom is 0.119 e. The van der Waals surface area contributed by atoms with Crippen molar-refractivity contribution < 1.29 is 4.74 Å². The fourth-order valence-corrected chi connectivity index (χ4v) is 2.90. The van der Waals surface area contributed by atoms with Crippen molar-refractivity contribution in [2.75, 3.05) is 32.8 Å². The number of ether oxygens (including phenoxy) is 1. The first-order chi connectivity index (χ1) is 9.47. The van der Waals surface area contributed by atoms with E-state index in [4.69, 9.17) is 4.74 Å². The Morgan fingerprint density at radius 3 is 2.55 bits per heavy atom. The van der Waals surface area contributed by atoms with Crippen LogP contribution in [0.3, 0.4) is 0 Å². The van der Waals surface area contributed by atoms with E-state index in [0.717, 1.165) is 45.0 Å². The molecule has 0 bridgehead atoms. The largest absolute Gasteiger partial charge is 0.494 e. The van der Waals surface area contributed by atoms with Gasteiger partial charge in [0.05, 0.1) is 6.61 Å². The first-order valence-corrected chi connectivity index (χ1v) is 7.64. The van der Waals surface area contributed by atoms with Gasteiger partial charge in [0.1, 0.15) is 5.75 Å². The Kier molecular flexibility index (Phi) is 5.06. The molecule has 2 rings (SSSR count). The molecule has 1 fully saturated rings. The van der Waals surface area contributed by atoms with Gasteiger partial charge in [-0.25, -0.2) is 0 Å². The average molecular weight is 276 g/mol. The quantitative estimate of drug-likeness (QED) is 0.837. The van der Waals surface area contributed by atoms with Gasteiger partial charge >= 0.3 is 0 Å². The second-order valence-electron chi connectivity index (χ2n) is 6.50. The van der Waals surface area contributed by atoms with E-state index in [-0.39, 0.29) is 5.54 Å². The lowest BCUT2D eigenvalue weighted by atomic mass is 10.00. The van der Waals surface area contributed by atoms with E-state index < -0.39 is 0 Å². The monoisotopic (exact) mass is 276 g/mol. The highest BCUT2D eigenvalue weighted by Crippen LogP contribution is 2.18. The van der Waals surface area contributed by atoms with Crippen LogP contribution in [0.2, 0.25) is 0 Å². The molecule has 0 atom stereocenters. The van der Waals surface area contributed by atoms with Crippen molar-refractivity contribution >= 4 is 0 Å². The molecule has 0 saturated carbocycles. The van der Waals surface area contributed by atoms with Crippen LogP contribution in [0.5, 0.6) is 5.75 Å². The number of piperazine rings is 1. The van der Waals surface area contributed by atoms with E-state index in [1.54, 1.807) is 0 Å². The molecule has 1 saturated heterocycles. The average Bonchev–Trinajstić information content (AvgIpc) is 2.34. The normalized spacial score (nSPS) is 19.0. The van der Waals surface area contributed by atoms with Crippen molar-refractivity contribution in [3.8, 4) is 5.75 Å². The van der Waals surface area contributed by atoms with Crippen LogP contribution in [0.15, 0.2) is 18.2 Å². The Morgan fingerprint density at radius 2 is 1.90 bits per heavy atom. The fraction of sp³-hybridized carbons (Fsp3) is 0.647. The summed E-state index contributed by atoms with van der Waals surface area (Å²) in [6, 6.07) is 6.40. The van der Waals surface area contributed by atoms with Gasteiger partial charge in [-0.05, 0) is 57.4 Å². The highest BCUT2D eigenvalue weighted by atomic mass is 16.5. The molecular formula is C17H28N2O. The van der Waals surface area contributed by atoms with Crippen molar-refractivity contribution in [1.82, 2.24) is 10.2 Å². The van der Waals surface area contributed by atoms with Crippen LogP contribution < -0.4 is 10.1 Å². The van der Waals surface area contributed by atoms with Crippen LogP contribution in [0, 0.1) is 13.8 Å². The minimum atomic E-state index is 0.262. The van der Waals surface area contributed by atoms with Crippen LogP contribution in [0.1, 0.15) is 31.4 Å². The Bertz CT molecular complexity index is 422. The summed E-state index contributed by atoms with van der Waals surface area (Å²) < 4.78 is 5.88. The van der Waals surface area contributed by atoms with E-state index in [9.17, 15) is 0 Å². The molecule has 0 spiro atoms. The van der Waals surface area contributed by atoms with Crippen molar-refractivity contribution in [2.24, 2.45) is 0 Å². The summed E-state index contributed by atoms with van der Waals surface area (Å²) in [7, 11) is 0. The zero-order valence-corrected chi connectivity index (χ0v) is 13.3. The van der Waals surface area contributed by atoms with Gasteiger partial charge in [-0.15, -0.1) is 0 Å². The number of nitrogens with one attached hydrogen (secondary N) is 1. The zero-order valence-electron chi connectivity index (χ0n) is 13.3. The van der Waals surface area contributed by atoms with E-state index in [1.807, 2.05) is 0 Å². The van der Waals surface area contributed by atoms with Gasteiger partial charge in [-0.2, -0.15) is 0 Å². The number of hydrogen-bond acceptors (Lipinski definition) is 3. The lowest BCUT2D eigenvalue weighted by molar-refractivity contribution is 0.0842. The van der Waals surface area contributed by atoms with Gasteiger partial charge in [0.2, 0.25) is 0 Å². The molecule has 0 aromatic heterocycles. The summed E-state index contributed by atoms with van der Waals surface area (Å²) in [6.07, 6.45) is 1.08. The summed E-state index contributed by atoms with van der Waals surface area (Å²) in [5, 5.41) is 3.46. The summed E-state index contributed by atoms with van der Waals surface area (Å²) >= 11 is 0. The smallest absolute Gasteiger partial charge is 0.119 e. The number of benzene rings is 1. The topological polar surface area (TPSA) is 24.5 Å². The number of nitrogens with zero attached hydrogens (tertiary/aromatic N) is 1. The van der Waals surface area contributed by atoms with Gasteiger partial charge < -0.3 is 10.1 Å². The van der Waals surface area contributed by atoms with Crippen molar-refractivity contribution in [3.63, 3.8) is 0 Å². The van der Waals surface area contributed by atoms with Crippen molar-refractivity contribution in [3.05, 3.63) is 29.3 Å². The summed E-state index contributed by atoms with van der Waals surface area (Å²) in [5.74, 6) is 1.00. The molecule has 1 aliphatic rings. The molecule has 1 N–H and O–H groups in total. The van der Waals surface area contributed by atoms with E-state index in [2.05, 4.69) is 56.1 Å². The number of aryl methyl sites for hydroxylation is 2. The van der Waals surface area contributed by atoms with E-state index >= 15 is 0 Å². The van der Waals surface area contributed by atoms with Crippen LogP contribution in [0.25, 0.3) is 0 Å². The lowest BCUT2D eigenvalue weighted by Crippen LogP contribution is -2.58. The van der Waals surface area contributed by atoms with Crippen LogP contribution in [-0.4, -0.2) is 43.2 Å². The lowest BCUT2D eigenvalue weighted by Gasteiger charge is -2.42. The molecule has 1 aliphatic heterocycles. The van der Waals surface area contributed by atoms with Gasteiger partial charge in [0, 0.05) is 31.7 Å². The van der Waals surface area contributed by atoms with Gasteiger partial charge in [0.15, 0.2) is 0 Å². The van der Waals surface area contributed by atoms with Crippen molar-refractivity contribution in [2.45, 2.75) is 39.7 Å². The predicted octanol–water partition coefficient (Wildman–Crippen LogP) is 2.76. The number of rotatable bonds is 5. The summed E-state index contributed by atoms with van der Waals surface area (Å²) in [6.45, 7) is 14.1. The Morgan fingerprint density at radius 1 is 1.20 bits per heavy atom. The second kappa shape index (κ2) is 6.59. The molecule has 3 heteroatoms. The molecule has 0 radical (unpaired) electrons. The first-order valence-electron chi connectivity index (χ1n) is 7.64. The second-order valence-corrected chi connectivity index (χ2v) is 6.50. The van der Waals surface area contributed by atoms with Gasteiger partial charge in [-0.3, -0.25) is 4.90 Å². The fourth-order valence-electron chi connectivity index (χ4n) is 2.90. The highest BCUT2D eigenvalue weighted by Gasteiger charge is 2.28. The third kappa shape index (κ3) is 4.22. The highest BCUT2D eigenvalue weighted by molar-refractivity contribution is 5.32. The minimum absolute atomic E-state index is 0.262. The molecule has 1 heterocycles. The standard InChI is InChI=1S/C17H28N2O/c1-14-10-15(2)12-16(11-14)20-9-5-7-19-8-6-18-13-17(19,3)4/h10-12,18H,5-9,13H2,1-4H3. The molecule has 0 unspecified atom stereocenters. The third-order valence-electron chi connectivity index (χ3n) is 4.01. The summed E-state index contributed by atoms with van der Waals surface area (Å²) in [4.78, 5) is 2.56. The predicted molar refractivity (Wildman–Crippen MR) is 84.5 cm³/mol. The van der Waals surface area contributed by atoms with Gasteiger partial charge in [0.25, 0.3) is 0 Å². The molecule has 0 aliphatic carbocycles. The first kappa shape index (κ1) is 15.3. The molecule has 0 amide bonds. The maximum absolute atomic E-state index is 5.88. The zero-order chi connectivity index (χ0) is 14.6. The third-order valence-corrected chi connectivity index (χ3v) is 4.01. The molecule has 1 aromatic carbocycles. The van der Waals surface area contributed by atoms with Crippen LogP contribution in [0.4, 0.5) is 0 Å². The molecular weight excluding hydrogens is 248 g/mol. The summed E-state index contributed by atoms with van der Waals surface area (Å²) in [5.41, 5.74) is 2.80. The maximum atomic E-state index is 5.88. The molecule has 20 heavy (non-hydrogen) atoms. The van der Waals surface area contributed by atoms with E-state index in [1.165, 1.54) is 11.1 Å². The van der Waals surface area contributed by atoms with E-state index in [0.29, 0.717) is 0 Å². The molecule has 1 aromatic rings. The SMILES string of the molecule is Cc1cc(C)cc(OCCCN2CCNCC2(C)C)c1. The van der Waals surface area contributed by atoms with Gasteiger partial charge in [-0.1, -0.05) is 6.07 Å². The minimum Gasteiger partial charge on any atom is -0.494 e. The number of hydrogen-bond donors (Lipinski definition) is 1. The van der Waals surface area contributed by atoms with Crippen LogP contribution in [-0.2, 0) is 0 Å². The molecule has 112 valence electrons. The Labute approximate surface area is 123 Å². The van der Waals surface area contributed by atoms with Crippen LogP contribution >= 0.6 is 0 Å².